The molecule has 13 heavy (non-hydrogen) atoms. The summed E-state index contributed by atoms with van der Waals surface area (Å²) in [6, 6.07) is 2.48. The third-order valence-electron chi connectivity index (χ3n) is 2.36. The van der Waals surface area contributed by atoms with E-state index in [0.29, 0.717) is 6.04 Å². The summed E-state index contributed by atoms with van der Waals surface area (Å²) >= 11 is 0. The van der Waals surface area contributed by atoms with E-state index >= 15 is 0 Å². The maximum Gasteiger partial charge on any atom is 0.124 e. The lowest BCUT2D eigenvalue weighted by Crippen LogP contribution is -2.42. The first-order valence-corrected chi connectivity index (χ1v) is 4.78. The van der Waals surface area contributed by atoms with Crippen molar-refractivity contribution in [3.05, 3.63) is 18.0 Å². The molecule has 0 spiro atoms. The first-order valence-electron chi connectivity index (χ1n) is 4.78. The molecular formula is C9H15N3O. The van der Waals surface area contributed by atoms with Crippen LogP contribution in [0.25, 0.3) is 0 Å². The summed E-state index contributed by atoms with van der Waals surface area (Å²) in [6.07, 6.45) is 4.12. The van der Waals surface area contributed by atoms with Gasteiger partial charge in [-0.15, -0.1) is 0 Å². The molecule has 1 aromatic heterocycles. The molecule has 1 atom stereocenters. The minimum absolute atomic E-state index is 0.588. The summed E-state index contributed by atoms with van der Waals surface area (Å²) < 4.78 is 4.75. The lowest BCUT2D eigenvalue weighted by molar-refractivity contribution is 0.374. The largest absolute Gasteiger partial charge is 0.364 e. The van der Waals surface area contributed by atoms with Crippen LogP contribution in [0.15, 0.2) is 16.9 Å². The van der Waals surface area contributed by atoms with E-state index in [9.17, 15) is 0 Å². The number of hydrogen-bond acceptors (Lipinski definition) is 4. The van der Waals surface area contributed by atoms with E-state index in [1.807, 2.05) is 6.07 Å². The van der Waals surface area contributed by atoms with Gasteiger partial charge < -0.3 is 15.2 Å². The molecule has 2 rings (SSSR count). The fraction of sp³-hybridized carbons (Fsp3) is 0.667. The van der Waals surface area contributed by atoms with Gasteiger partial charge in [-0.25, -0.2) is 0 Å². The lowest BCUT2D eigenvalue weighted by Gasteiger charge is -2.23. The normalized spacial score (nSPS) is 23.2. The van der Waals surface area contributed by atoms with Crippen LogP contribution in [0.1, 0.15) is 18.5 Å². The Morgan fingerprint density at radius 2 is 2.69 bits per heavy atom. The summed E-state index contributed by atoms with van der Waals surface area (Å²) in [5.74, 6) is 0. The van der Waals surface area contributed by atoms with Gasteiger partial charge in [0.25, 0.3) is 0 Å². The minimum Gasteiger partial charge on any atom is -0.364 e. The van der Waals surface area contributed by atoms with Gasteiger partial charge >= 0.3 is 0 Å². The number of nitrogens with zero attached hydrogens (tertiary/aromatic N) is 1. The zero-order valence-corrected chi connectivity index (χ0v) is 7.62. The Morgan fingerprint density at radius 1 is 1.69 bits per heavy atom. The van der Waals surface area contributed by atoms with Crippen LogP contribution in [0.5, 0.6) is 0 Å². The average Bonchev–Trinajstić information content (AvgIpc) is 2.69. The Kier molecular flexibility index (Phi) is 2.94. The van der Waals surface area contributed by atoms with Crippen LogP contribution >= 0.6 is 0 Å². The fourth-order valence-electron chi connectivity index (χ4n) is 1.60. The van der Waals surface area contributed by atoms with Crippen molar-refractivity contribution in [2.75, 3.05) is 13.1 Å². The van der Waals surface area contributed by atoms with Gasteiger partial charge in [0.15, 0.2) is 0 Å². The first-order chi connectivity index (χ1) is 6.45. The van der Waals surface area contributed by atoms with Crippen molar-refractivity contribution in [1.82, 2.24) is 15.8 Å². The molecule has 0 amide bonds. The predicted molar refractivity (Wildman–Crippen MR) is 49.2 cm³/mol. The average molecular weight is 181 g/mol. The van der Waals surface area contributed by atoms with E-state index in [1.54, 1.807) is 6.26 Å². The third-order valence-corrected chi connectivity index (χ3v) is 2.36. The zero-order valence-electron chi connectivity index (χ0n) is 7.62. The molecule has 0 radical (unpaired) electrons. The van der Waals surface area contributed by atoms with Gasteiger partial charge in [-0.2, -0.15) is 0 Å². The third kappa shape index (κ3) is 2.54. The van der Waals surface area contributed by atoms with E-state index in [1.165, 1.54) is 12.8 Å². The van der Waals surface area contributed by atoms with E-state index < -0.39 is 0 Å². The maximum absolute atomic E-state index is 4.75. The molecule has 1 aliphatic rings. The smallest absolute Gasteiger partial charge is 0.124 e. The Morgan fingerprint density at radius 3 is 3.38 bits per heavy atom. The van der Waals surface area contributed by atoms with Crippen molar-refractivity contribution in [2.45, 2.75) is 25.4 Å². The molecular weight excluding hydrogens is 166 g/mol. The van der Waals surface area contributed by atoms with Crippen LogP contribution < -0.4 is 10.6 Å². The van der Waals surface area contributed by atoms with Gasteiger partial charge in [-0.05, 0) is 19.4 Å². The lowest BCUT2D eigenvalue weighted by atomic mass is 10.1. The van der Waals surface area contributed by atoms with Crippen LogP contribution in [-0.4, -0.2) is 24.3 Å². The van der Waals surface area contributed by atoms with E-state index in [2.05, 4.69) is 15.8 Å². The second kappa shape index (κ2) is 4.39. The SMILES string of the molecule is c1cc(CNC2CCCNC2)no1. The van der Waals surface area contributed by atoms with Crippen LogP contribution in [0.4, 0.5) is 0 Å². The summed E-state index contributed by atoms with van der Waals surface area (Å²) in [5, 5.41) is 10.6. The Balaban J connectivity index is 1.72. The van der Waals surface area contributed by atoms with Crippen molar-refractivity contribution in [3.63, 3.8) is 0 Å². The van der Waals surface area contributed by atoms with Crippen molar-refractivity contribution < 1.29 is 4.52 Å². The topological polar surface area (TPSA) is 50.1 Å². The monoisotopic (exact) mass is 181 g/mol. The quantitative estimate of drug-likeness (QED) is 0.713. The molecule has 2 heterocycles. The van der Waals surface area contributed by atoms with Crippen LogP contribution in [-0.2, 0) is 6.54 Å². The Hall–Kier alpha value is -0.870. The number of rotatable bonds is 3. The number of nitrogens with one attached hydrogen (secondary N) is 2. The molecule has 1 aromatic rings. The van der Waals surface area contributed by atoms with Gasteiger partial charge in [-0.3, -0.25) is 0 Å². The van der Waals surface area contributed by atoms with Gasteiger partial charge in [0.1, 0.15) is 6.26 Å². The molecule has 0 aliphatic carbocycles. The second-order valence-corrected chi connectivity index (χ2v) is 3.41. The van der Waals surface area contributed by atoms with Gasteiger partial charge in [-0.1, -0.05) is 5.16 Å². The zero-order chi connectivity index (χ0) is 8.93. The van der Waals surface area contributed by atoms with Crippen molar-refractivity contribution in [2.24, 2.45) is 0 Å². The molecule has 1 fully saturated rings. The minimum atomic E-state index is 0.588. The summed E-state index contributed by atoms with van der Waals surface area (Å²) in [4.78, 5) is 0. The second-order valence-electron chi connectivity index (χ2n) is 3.41. The Labute approximate surface area is 77.7 Å². The van der Waals surface area contributed by atoms with Crippen LogP contribution in [0.2, 0.25) is 0 Å². The number of piperidine rings is 1. The van der Waals surface area contributed by atoms with E-state index in [-0.39, 0.29) is 0 Å². The van der Waals surface area contributed by atoms with Gasteiger partial charge in [0, 0.05) is 25.2 Å². The molecule has 1 unspecified atom stereocenters. The highest BCUT2D eigenvalue weighted by molar-refractivity contribution is 4.95. The standard InChI is InChI=1S/C9H15N3O/c1-2-8(6-10-4-1)11-7-9-3-5-13-12-9/h3,5,8,10-11H,1-2,4,6-7H2. The maximum atomic E-state index is 4.75. The van der Waals surface area contributed by atoms with E-state index in [4.69, 9.17) is 4.52 Å². The summed E-state index contributed by atoms with van der Waals surface area (Å²) in [7, 11) is 0. The summed E-state index contributed by atoms with van der Waals surface area (Å²) in [6.45, 7) is 3.03. The van der Waals surface area contributed by atoms with E-state index in [0.717, 1.165) is 25.3 Å². The first kappa shape index (κ1) is 8.72. The molecule has 72 valence electrons. The van der Waals surface area contributed by atoms with Crippen molar-refractivity contribution >= 4 is 0 Å². The number of hydrogen-bond donors (Lipinski definition) is 2. The molecule has 4 heteroatoms. The molecule has 1 saturated heterocycles. The van der Waals surface area contributed by atoms with Crippen molar-refractivity contribution in [3.8, 4) is 0 Å². The number of aromatic nitrogens is 1. The van der Waals surface area contributed by atoms with Crippen LogP contribution in [0, 0.1) is 0 Å². The Bertz CT molecular complexity index is 229. The van der Waals surface area contributed by atoms with Gasteiger partial charge in [0.05, 0.1) is 5.69 Å². The molecule has 4 nitrogen and oxygen atoms in total. The molecule has 2 N–H and O–H groups in total. The van der Waals surface area contributed by atoms with Gasteiger partial charge in [0.2, 0.25) is 0 Å². The van der Waals surface area contributed by atoms with Crippen molar-refractivity contribution in [1.29, 1.82) is 0 Å². The fourth-order valence-corrected chi connectivity index (χ4v) is 1.60. The molecule has 1 aliphatic heterocycles. The predicted octanol–water partition coefficient (Wildman–Crippen LogP) is 0.516. The summed E-state index contributed by atoms with van der Waals surface area (Å²) in [5.41, 5.74) is 0.977. The highest BCUT2D eigenvalue weighted by Crippen LogP contribution is 2.02. The highest BCUT2D eigenvalue weighted by Gasteiger charge is 2.11. The van der Waals surface area contributed by atoms with Crippen LogP contribution in [0.3, 0.4) is 0 Å². The highest BCUT2D eigenvalue weighted by atomic mass is 16.5. The molecule has 0 saturated carbocycles. The molecule has 0 aromatic carbocycles. The molecule has 0 bridgehead atoms.